The molecule has 0 unspecified atom stereocenters. The van der Waals surface area contributed by atoms with Gasteiger partial charge in [-0.15, -0.1) is 0 Å². The number of nitrogens with zero attached hydrogens (tertiary/aromatic N) is 1. The molecule has 5 fully saturated rings. The van der Waals surface area contributed by atoms with Gasteiger partial charge in [0.1, 0.15) is 17.8 Å². The van der Waals surface area contributed by atoms with Crippen LogP contribution in [0.25, 0.3) is 0 Å². The highest BCUT2D eigenvalue weighted by Crippen LogP contribution is 2.79. The number of aliphatic imine (C=N–C) groups is 1. The first-order chi connectivity index (χ1) is 16.2. The third-order valence-corrected chi connectivity index (χ3v) is 11.0. The first-order valence-corrected chi connectivity index (χ1v) is 12.4. The normalized spacial score (nSPS) is 58.1. The zero-order valence-electron chi connectivity index (χ0n) is 20.6. The summed E-state index contributed by atoms with van der Waals surface area (Å²) in [5, 5.41) is 25.3. The van der Waals surface area contributed by atoms with Crippen LogP contribution in [0.15, 0.2) is 4.99 Å². The average Bonchev–Trinajstić information content (AvgIpc) is 3.22. The number of carbonyl (C=O) groups is 1. The highest BCUT2D eigenvalue weighted by atomic mass is 16.5. The van der Waals surface area contributed by atoms with Crippen LogP contribution in [0.3, 0.4) is 0 Å². The third-order valence-electron chi connectivity index (χ3n) is 11.0. The van der Waals surface area contributed by atoms with E-state index >= 15 is 0 Å². The van der Waals surface area contributed by atoms with E-state index < -0.39 is 34.2 Å². The Kier molecular flexibility index (Phi) is 4.96. The summed E-state index contributed by atoms with van der Waals surface area (Å²) < 4.78 is 29.9. The molecular weight excluding hydrogens is 442 g/mol. The second-order valence-electron chi connectivity index (χ2n) is 11.6. The second kappa shape index (κ2) is 7.23. The van der Waals surface area contributed by atoms with Crippen LogP contribution in [-0.2, 0) is 28.5 Å². The third kappa shape index (κ3) is 2.25. The molecule has 0 saturated heterocycles. The van der Waals surface area contributed by atoms with Crippen LogP contribution >= 0.6 is 0 Å². The van der Waals surface area contributed by atoms with E-state index in [9.17, 15) is 15.0 Å². The molecule has 13 atom stereocenters. The van der Waals surface area contributed by atoms with Crippen LogP contribution in [0, 0.1) is 34.5 Å². The minimum absolute atomic E-state index is 0.0116. The fraction of sp³-hybridized carbons (Fsp3) is 0.920. The van der Waals surface area contributed by atoms with E-state index in [0.29, 0.717) is 12.8 Å². The molecule has 6 rings (SSSR count). The molecule has 0 aromatic heterocycles. The van der Waals surface area contributed by atoms with Crippen molar-refractivity contribution in [2.45, 2.75) is 74.3 Å². The highest BCUT2D eigenvalue weighted by molar-refractivity contribution is 5.73. The summed E-state index contributed by atoms with van der Waals surface area (Å²) in [5.41, 5.74) is -4.35. The molecule has 2 N–H and O–H groups in total. The first kappa shape index (κ1) is 23.3. The molecular formula is C25H37NO8. The molecule has 6 aliphatic rings. The second-order valence-corrected chi connectivity index (χ2v) is 11.6. The number of methoxy groups -OCH3 is 4. The molecule has 1 spiro atoms. The number of fused-ring (bicyclic) bond motifs is 2. The van der Waals surface area contributed by atoms with Gasteiger partial charge in [0.15, 0.2) is 0 Å². The number of aliphatic hydroxyl groups is 2. The Morgan fingerprint density at radius 3 is 2.50 bits per heavy atom. The maximum atomic E-state index is 12.8. The molecule has 0 aromatic rings. The minimum Gasteiger partial charge on any atom is -0.465 e. The summed E-state index contributed by atoms with van der Waals surface area (Å²) in [7, 11) is 6.67. The summed E-state index contributed by atoms with van der Waals surface area (Å²) in [6.07, 6.45) is 3.06. The molecule has 0 aromatic carbocycles. The van der Waals surface area contributed by atoms with Crippen LogP contribution < -0.4 is 0 Å². The van der Waals surface area contributed by atoms with Gasteiger partial charge in [0, 0.05) is 76.6 Å². The Morgan fingerprint density at radius 2 is 1.88 bits per heavy atom. The monoisotopic (exact) mass is 479 g/mol. The lowest BCUT2D eigenvalue weighted by Crippen LogP contribution is -2.77. The van der Waals surface area contributed by atoms with Crippen LogP contribution in [0.1, 0.15) is 32.6 Å². The van der Waals surface area contributed by atoms with Gasteiger partial charge >= 0.3 is 5.97 Å². The number of rotatable bonds is 6. The summed E-state index contributed by atoms with van der Waals surface area (Å²) in [4.78, 5) is 16.9. The van der Waals surface area contributed by atoms with Crippen molar-refractivity contribution in [3.05, 3.63) is 0 Å². The lowest BCUT2D eigenvalue weighted by molar-refractivity contribution is -0.293. The molecule has 0 radical (unpaired) electrons. The average molecular weight is 480 g/mol. The predicted octanol–water partition coefficient (Wildman–Crippen LogP) is 0.591. The quantitative estimate of drug-likeness (QED) is 0.532. The van der Waals surface area contributed by atoms with E-state index in [1.54, 1.807) is 28.4 Å². The Labute approximate surface area is 200 Å². The Bertz CT molecular complexity index is 913. The van der Waals surface area contributed by atoms with Gasteiger partial charge in [0.05, 0.1) is 30.5 Å². The van der Waals surface area contributed by atoms with E-state index in [4.69, 9.17) is 28.7 Å². The van der Waals surface area contributed by atoms with Gasteiger partial charge in [0.25, 0.3) is 0 Å². The maximum Gasteiger partial charge on any atom is 0.302 e. The summed E-state index contributed by atoms with van der Waals surface area (Å²) in [6.45, 7) is 1.58. The summed E-state index contributed by atoms with van der Waals surface area (Å²) in [6, 6.07) is -0.594. The van der Waals surface area contributed by atoms with Gasteiger partial charge < -0.3 is 33.9 Å². The van der Waals surface area contributed by atoms with Gasteiger partial charge in [0.2, 0.25) is 0 Å². The van der Waals surface area contributed by atoms with Gasteiger partial charge in [-0.3, -0.25) is 9.79 Å². The van der Waals surface area contributed by atoms with Crippen LogP contribution in [0.2, 0.25) is 0 Å². The SMILES string of the molecule is CO[C@H]1[C@@H]2C[C@@H]3[C@H]1[C@](O)(C[C@@H]2OC)[C@@]1(O)[C@@H](OC)[C@@H]2[C@]4(COC(C)=O)C=N[C@H]1[C@]32[C@@H](OC)CC4. The molecule has 1 aliphatic heterocycles. The Hall–Kier alpha value is -1.10. The molecule has 5 aliphatic carbocycles. The van der Waals surface area contributed by atoms with Crippen molar-refractivity contribution in [3.63, 3.8) is 0 Å². The molecule has 9 heteroatoms. The lowest BCUT2D eigenvalue weighted by Gasteiger charge is -2.65. The van der Waals surface area contributed by atoms with Gasteiger partial charge in [-0.1, -0.05) is 0 Å². The zero-order chi connectivity index (χ0) is 24.3. The predicted molar refractivity (Wildman–Crippen MR) is 119 cm³/mol. The van der Waals surface area contributed by atoms with Crippen LogP contribution in [0.4, 0.5) is 0 Å². The fourth-order valence-electron chi connectivity index (χ4n) is 10.2. The lowest BCUT2D eigenvalue weighted by atomic mass is 9.44. The largest absolute Gasteiger partial charge is 0.465 e. The molecule has 5 saturated carbocycles. The molecule has 34 heavy (non-hydrogen) atoms. The number of esters is 1. The molecule has 9 nitrogen and oxygen atoms in total. The number of carbonyl (C=O) groups excluding carboxylic acids is 1. The van der Waals surface area contributed by atoms with E-state index in [1.807, 2.05) is 6.21 Å². The van der Waals surface area contributed by atoms with E-state index in [0.717, 1.165) is 12.8 Å². The smallest absolute Gasteiger partial charge is 0.302 e. The van der Waals surface area contributed by atoms with Gasteiger partial charge in [-0.05, 0) is 25.2 Å². The van der Waals surface area contributed by atoms with E-state index in [-0.39, 0.29) is 54.6 Å². The number of hydrogen-bond acceptors (Lipinski definition) is 9. The van der Waals surface area contributed by atoms with Crippen molar-refractivity contribution < 1.29 is 38.7 Å². The Balaban J connectivity index is 1.62. The summed E-state index contributed by atoms with van der Waals surface area (Å²) >= 11 is 0. The topological polar surface area (TPSA) is 116 Å². The van der Waals surface area contributed by atoms with Crippen molar-refractivity contribution >= 4 is 12.2 Å². The molecule has 7 bridgehead atoms. The first-order valence-electron chi connectivity index (χ1n) is 12.4. The zero-order valence-corrected chi connectivity index (χ0v) is 20.6. The number of ether oxygens (including phenoxy) is 5. The van der Waals surface area contributed by atoms with E-state index in [1.165, 1.54) is 6.92 Å². The minimum atomic E-state index is -1.66. The van der Waals surface area contributed by atoms with Crippen molar-refractivity contribution in [3.8, 4) is 0 Å². The Morgan fingerprint density at radius 1 is 1.12 bits per heavy atom. The van der Waals surface area contributed by atoms with Crippen molar-refractivity contribution in [2.75, 3.05) is 35.0 Å². The van der Waals surface area contributed by atoms with Crippen molar-refractivity contribution in [1.29, 1.82) is 0 Å². The molecule has 1 heterocycles. The number of hydrogen-bond donors (Lipinski definition) is 2. The molecule has 190 valence electrons. The summed E-state index contributed by atoms with van der Waals surface area (Å²) in [5.74, 6) is -0.779. The van der Waals surface area contributed by atoms with Crippen molar-refractivity contribution in [2.24, 2.45) is 39.5 Å². The van der Waals surface area contributed by atoms with Gasteiger partial charge in [-0.25, -0.2) is 0 Å². The van der Waals surface area contributed by atoms with Crippen LogP contribution in [0.5, 0.6) is 0 Å². The maximum absolute atomic E-state index is 12.8. The van der Waals surface area contributed by atoms with Gasteiger partial charge in [-0.2, -0.15) is 0 Å². The van der Waals surface area contributed by atoms with E-state index in [2.05, 4.69) is 0 Å². The highest BCUT2D eigenvalue weighted by Gasteiger charge is 2.90. The standard InChI is InChI=1S/C25H37NO8/c1-12(27)34-11-22-7-6-16(31-3)24-14-8-13-15(30-2)9-23(28,17(14)18(13)32-4)25(29,21(24)26-10-22)20(33-5)19(22)24/h10,13-21,28-29H,6-9,11H2,1-5H3/t13-,14-,15+,16+,17-,18+,19-,20+,21+,22+,23-,24+,25-/m1/s1. The fourth-order valence-corrected chi connectivity index (χ4v) is 10.2. The molecule has 0 amide bonds. The van der Waals surface area contributed by atoms with Crippen LogP contribution in [-0.4, -0.2) is 99.1 Å². The van der Waals surface area contributed by atoms with Crippen molar-refractivity contribution in [1.82, 2.24) is 0 Å².